The highest BCUT2D eigenvalue weighted by Crippen LogP contribution is 2.30. The Kier molecular flexibility index (Phi) is 3.00. The van der Waals surface area contributed by atoms with E-state index in [9.17, 15) is 4.79 Å². The van der Waals surface area contributed by atoms with Crippen molar-refractivity contribution < 1.29 is 4.79 Å². The molecular formula is C14H19N5O. The number of anilines is 1. The minimum Gasteiger partial charge on any atom is -0.397 e. The Morgan fingerprint density at radius 3 is 2.70 bits per heavy atom. The SMILES string of the molecule is Cn1cc(N)cc1C(=O)N(Cc1nccn1C)C1CC1. The van der Waals surface area contributed by atoms with Crippen LogP contribution in [0.4, 0.5) is 5.69 Å². The van der Waals surface area contributed by atoms with Gasteiger partial charge in [-0.3, -0.25) is 4.79 Å². The lowest BCUT2D eigenvalue weighted by Gasteiger charge is -2.22. The topological polar surface area (TPSA) is 69.1 Å². The molecule has 2 N–H and O–H groups in total. The number of aromatic nitrogens is 3. The van der Waals surface area contributed by atoms with Crippen molar-refractivity contribution in [3.63, 3.8) is 0 Å². The summed E-state index contributed by atoms with van der Waals surface area (Å²) >= 11 is 0. The Balaban J connectivity index is 1.85. The van der Waals surface area contributed by atoms with Crippen molar-refractivity contribution in [1.82, 2.24) is 19.0 Å². The Morgan fingerprint density at radius 1 is 1.45 bits per heavy atom. The van der Waals surface area contributed by atoms with Crippen molar-refractivity contribution in [3.8, 4) is 0 Å². The third-order valence-corrected chi connectivity index (χ3v) is 3.73. The largest absolute Gasteiger partial charge is 0.397 e. The number of hydrogen-bond donors (Lipinski definition) is 1. The molecule has 20 heavy (non-hydrogen) atoms. The summed E-state index contributed by atoms with van der Waals surface area (Å²) in [7, 11) is 3.79. The van der Waals surface area contributed by atoms with Crippen LogP contribution >= 0.6 is 0 Å². The number of nitrogen functional groups attached to an aromatic ring is 1. The average molecular weight is 273 g/mol. The van der Waals surface area contributed by atoms with E-state index in [2.05, 4.69) is 4.98 Å². The zero-order valence-electron chi connectivity index (χ0n) is 11.8. The van der Waals surface area contributed by atoms with Crippen LogP contribution in [0.3, 0.4) is 0 Å². The number of nitrogens with zero attached hydrogens (tertiary/aromatic N) is 4. The lowest BCUT2D eigenvalue weighted by Crippen LogP contribution is -2.34. The third-order valence-electron chi connectivity index (χ3n) is 3.73. The number of carbonyl (C=O) groups excluding carboxylic acids is 1. The van der Waals surface area contributed by atoms with Crippen LogP contribution in [0.2, 0.25) is 0 Å². The van der Waals surface area contributed by atoms with Gasteiger partial charge in [-0.25, -0.2) is 4.98 Å². The van der Waals surface area contributed by atoms with Crippen LogP contribution in [0.5, 0.6) is 0 Å². The predicted molar refractivity (Wildman–Crippen MR) is 75.9 cm³/mol. The van der Waals surface area contributed by atoms with Crippen molar-refractivity contribution in [2.24, 2.45) is 14.1 Å². The second kappa shape index (κ2) is 4.70. The van der Waals surface area contributed by atoms with Gasteiger partial charge in [0.1, 0.15) is 11.5 Å². The minimum absolute atomic E-state index is 0.0229. The van der Waals surface area contributed by atoms with Crippen LogP contribution in [0, 0.1) is 0 Å². The lowest BCUT2D eigenvalue weighted by molar-refractivity contribution is 0.0714. The fourth-order valence-corrected chi connectivity index (χ4v) is 2.40. The normalized spacial score (nSPS) is 14.5. The average Bonchev–Trinajstić information content (AvgIpc) is 3.08. The molecule has 1 aliphatic rings. The first-order valence-corrected chi connectivity index (χ1v) is 6.75. The molecule has 3 rings (SSSR count). The predicted octanol–water partition coefficient (Wildman–Crippen LogP) is 1.15. The van der Waals surface area contributed by atoms with Crippen molar-refractivity contribution >= 4 is 11.6 Å². The Morgan fingerprint density at radius 2 is 2.20 bits per heavy atom. The number of rotatable bonds is 4. The fourth-order valence-electron chi connectivity index (χ4n) is 2.40. The molecule has 1 fully saturated rings. The summed E-state index contributed by atoms with van der Waals surface area (Å²) < 4.78 is 3.73. The summed E-state index contributed by atoms with van der Waals surface area (Å²) in [5.74, 6) is 0.919. The molecule has 1 aliphatic carbocycles. The zero-order valence-corrected chi connectivity index (χ0v) is 11.8. The summed E-state index contributed by atoms with van der Waals surface area (Å²) in [6.45, 7) is 0.540. The van der Waals surface area contributed by atoms with Crippen molar-refractivity contribution in [2.75, 3.05) is 5.73 Å². The van der Waals surface area contributed by atoms with Crippen LogP contribution in [-0.2, 0) is 20.6 Å². The number of imidazole rings is 1. The van der Waals surface area contributed by atoms with E-state index in [4.69, 9.17) is 5.73 Å². The van der Waals surface area contributed by atoms with Gasteiger partial charge < -0.3 is 19.8 Å². The number of carbonyl (C=O) groups is 1. The highest BCUT2D eigenvalue weighted by molar-refractivity contribution is 5.94. The van der Waals surface area contributed by atoms with Crippen molar-refractivity contribution in [3.05, 3.63) is 36.2 Å². The van der Waals surface area contributed by atoms with E-state index in [1.807, 2.05) is 29.8 Å². The highest BCUT2D eigenvalue weighted by atomic mass is 16.2. The summed E-state index contributed by atoms with van der Waals surface area (Å²) in [5, 5.41) is 0. The monoisotopic (exact) mass is 273 g/mol. The third kappa shape index (κ3) is 2.29. The summed E-state index contributed by atoms with van der Waals surface area (Å²) in [6.07, 6.45) is 7.54. The van der Waals surface area contributed by atoms with Crippen LogP contribution in [0.25, 0.3) is 0 Å². The van der Waals surface area contributed by atoms with Gasteiger partial charge in [0.25, 0.3) is 5.91 Å². The zero-order chi connectivity index (χ0) is 14.3. The summed E-state index contributed by atoms with van der Waals surface area (Å²) in [4.78, 5) is 18.9. The second-order valence-corrected chi connectivity index (χ2v) is 5.39. The standard InChI is InChI=1S/C14H19N5O/c1-17-6-5-16-13(17)9-19(11-3-4-11)14(20)12-7-10(15)8-18(12)2/h5-8,11H,3-4,9,15H2,1-2H3. The number of nitrogens with two attached hydrogens (primary N) is 1. The molecule has 6 heteroatoms. The van der Waals surface area contributed by atoms with Gasteiger partial charge in [-0.1, -0.05) is 0 Å². The highest BCUT2D eigenvalue weighted by Gasteiger charge is 2.34. The molecule has 6 nitrogen and oxygen atoms in total. The van der Waals surface area contributed by atoms with E-state index in [0.29, 0.717) is 24.0 Å². The fraction of sp³-hybridized carbons (Fsp3) is 0.429. The van der Waals surface area contributed by atoms with Gasteiger partial charge >= 0.3 is 0 Å². The molecule has 0 radical (unpaired) electrons. The molecule has 0 unspecified atom stereocenters. The smallest absolute Gasteiger partial charge is 0.271 e. The van der Waals surface area contributed by atoms with Gasteiger partial charge in [0.05, 0.1) is 12.2 Å². The molecule has 1 amide bonds. The van der Waals surface area contributed by atoms with E-state index < -0.39 is 0 Å². The minimum atomic E-state index is 0.0229. The van der Waals surface area contributed by atoms with E-state index in [1.54, 1.807) is 23.0 Å². The molecular weight excluding hydrogens is 254 g/mol. The molecule has 2 aromatic rings. The molecule has 2 aromatic heterocycles. The Hall–Kier alpha value is -2.24. The van der Waals surface area contributed by atoms with E-state index in [-0.39, 0.29) is 5.91 Å². The molecule has 1 saturated carbocycles. The lowest BCUT2D eigenvalue weighted by atomic mass is 10.3. The first kappa shape index (κ1) is 12.8. The van der Waals surface area contributed by atoms with Gasteiger partial charge in [-0.2, -0.15) is 0 Å². The molecule has 0 spiro atoms. The van der Waals surface area contributed by atoms with Gasteiger partial charge in [0.15, 0.2) is 0 Å². The molecule has 2 heterocycles. The van der Waals surface area contributed by atoms with Crippen LogP contribution in [0.15, 0.2) is 24.7 Å². The van der Waals surface area contributed by atoms with Crippen LogP contribution in [-0.4, -0.2) is 31.0 Å². The van der Waals surface area contributed by atoms with Gasteiger partial charge in [0.2, 0.25) is 0 Å². The van der Waals surface area contributed by atoms with E-state index >= 15 is 0 Å². The van der Waals surface area contributed by atoms with Crippen molar-refractivity contribution in [2.45, 2.75) is 25.4 Å². The summed E-state index contributed by atoms with van der Waals surface area (Å²) in [6, 6.07) is 2.06. The number of hydrogen-bond acceptors (Lipinski definition) is 3. The van der Waals surface area contributed by atoms with E-state index in [1.165, 1.54) is 0 Å². The summed E-state index contributed by atoms with van der Waals surface area (Å²) in [5.41, 5.74) is 7.00. The molecule has 0 bridgehead atoms. The first-order valence-electron chi connectivity index (χ1n) is 6.75. The maximum absolute atomic E-state index is 12.7. The molecule has 0 atom stereocenters. The maximum Gasteiger partial charge on any atom is 0.271 e. The molecule has 0 aliphatic heterocycles. The Labute approximate surface area is 117 Å². The first-order chi connectivity index (χ1) is 9.56. The van der Waals surface area contributed by atoms with Gasteiger partial charge in [-0.05, 0) is 18.9 Å². The Bertz CT molecular complexity index is 638. The maximum atomic E-state index is 12.7. The molecule has 106 valence electrons. The molecule has 0 saturated heterocycles. The second-order valence-electron chi connectivity index (χ2n) is 5.39. The van der Waals surface area contributed by atoms with Crippen molar-refractivity contribution in [1.29, 1.82) is 0 Å². The van der Waals surface area contributed by atoms with Crippen LogP contribution in [0.1, 0.15) is 29.2 Å². The van der Waals surface area contributed by atoms with Gasteiger partial charge in [0, 0.05) is 38.7 Å². The number of amides is 1. The van der Waals surface area contributed by atoms with Crippen LogP contribution < -0.4 is 5.73 Å². The van der Waals surface area contributed by atoms with Gasteiger partial charge in [-0.15, -0.1) is 0 Å². The quantitative estimate of drug-likeness (QED) is 0.908. The number of aryl methyl sites for hydroxylation is 2. The molecule has 0 aromatic carbocycles. The van der Waals surface area contributed by atoms with E-state index in [0.717, 1.165) is 18.7 Å².